The fourth-order valence-corrected chi connectivity index (χ4v) is 6.06. The molecule has 0 aromatic carbocycles. The Kier molecular flexibility index (Phi) is 7.89. The molecule has 0 radical (unpaired) electrons. The van der Waals surface area contributed by atoms with Crippen molar-refractivity contribution in [1.82, 2.24) is 5.43 Å². The highest BCUT2D eigenvalue weighted by molar-refractivity contribution is 7.80. The molecule has 2 rings (SSSR count). The molecule has 0 aromatic rings. The number of hydrogen-bond acceptors (Lipinski definition) is 2. The van der Waals surface area contributed by atoms with Crippen molar-refractivity contribution in [1.29, 1.82) is 0 Å². The number of nitrogens with two attached hydrogens (primary N) is 1. The molecule has 0 saturated heterocycles. The van der Waals surface area contributed by atoms with Gasteiger partial charge in [0.05, 0.1) is 0 Å². The molecule has 2 aliphatic carbocycles. The molecule has 2 saturated carbocycles. The highest BCUT2D eigenvalue weighted by Gasteiger charge is 2.52. The highest BCUT2D eigenvalue weighted by Crippen LogP contribution is 2.61. The minimum atomic E-state index is 0.219. The van der Waals surface area contributed by atoms with Crippen LogP contribution in [0.25, 0.3) is 0 Å². The van der Waals surface area contributed by atoms with E-state index in [1.807, 2.05) is 6.92 Å². The van der Waals surface area contributed by atoms with Crippen LogP contribution in [0, 0.1) is 22.7 Å². The molecular formula is C24H41N3S. The van der Waals surface area contributed by atoms with Gasteiger partial charge >= 0.3 is 0 Å². The lowest BCUT2D eigenvalue weighted by Crippen LogP contribution is -2.49. The number of nitrogens with one attached hydrogen (secondary N) is 1. The maximum absolute atomic E-state index is 5.41. The number of nitrogens with zero attached hydrogens (tertiary/aromatic N) is 1. The first kappa shape index (κ1) is 23.1. The minimum Gasteiger partial charge on any atom is -0.375 e. The summed E-state index contributed by atoms with van der Waals surface area (Å²) < 4.78 is 0. The highest BCUT2D eigenvalue weighted by atomic mass is 32.1. The maximum atomic E-state index is 5.41. The van der Waals surface area contributed by atoms with Crippen molar-refractivity contribution < 1.29 is 0 Å². The van der Waals surface area contributed by atoms with Crippen molar-refractivity contribution >= 4 is 23.0 Å². The summed E-state index contributed by atoms with van der Waals surface area (Å²) in [6, 6.07) is 0. The summed E-state index contributed by atoms with van der Waals surface area (Å²) in [5.74, 6) is 1.51. The molecule has 3 nitrogen and oxygen atoms in total. The van der Waals surface area contributed by atoms with E-state index in [0.717, 1.165) is 24.5 Å². The van der Waals surface area contributed by atoms with Gasteiger partial charge in [-0.1, -0.05) is 51.0 Å². The summed E-state index contributed by atoms with van der Waals surface area (Å²) in [6.45, 7) is 16.4. The Balaban J connectivity index is 1.93. The van der Waals surface area contributed by atoms with E-state index in [1.165, 1.54) is 56.1 Å². The van der Waals surface area contributed by atoms with Gasteiger partial charge in [-0.25, -0.2) is 0 Å². The van der Waals surface area contributed by atoms with Crippen LogP contribution in [0.4, 0.5) is 0 Å². The molecule has 0 bridgehead atoms. The molecule has 4 heteroatoms. The smallest absolute Gasteiger partial charge is 0.184 e. The molecule has 0 aliphatic heterocycles. The molecule has 3 unspecified atom stereocenters. The second kappa shape index (κ2) is 9.56. The van der Waals surface area contributed by atoms with Crippen LogP contribution in [0.3, 0.4) is 0 Å². The number of rotatable bonds is 7. The topological polar surface area (TPSA) is 50.4 Å². The predicted octanol–water partition coefficient (Wildman–Crippen LogP) is 6.50. The zero-order chi connectivity index (χ0) is 20.9. The largest absolute Gasteiger partial charge is 0.375 e. The lowest BCUT2D eigenvalue weighted by Gasteiger charge is -2.58. The van der Waals surface area contributed by atoms with Crippen molar-refractivity contribution in [3.8, 4) is 0 Å². The third kappa shape index (κ3) is 5.68. The zero-order valence-electron chi connectivity index (χ0n) is 18.7. The third-order valence-electron chi connectivity index (χ3n) is 7.50. The van der Waals surface area contributed by atoms with E-state index >= 15 is 0 Å². The van der Waals surface area contributed by atoms with E-state index in [0.29, 0.717) is 16.7 Å². The summed E-state index contributed by atoms with van der Waals surface area (Å²) >= 11 is 4.78. The second-order valence-electron chi connectivity index (χ2n) is 10.1. The minimum absolute atomic E-state index is 0.219. The molecule has 0 heterocycles. The number of hydrazone groups is 1. The molecule has 0 aromatic heterocycles. The Bertz CT molecular complexity index is 646. The molecule has 158 valence electrons. The fourth-order valence-electron chi connectivity index (χ4n) is 6.02. The summed E-state index contributed by atoms with van der Waals surface area (Å²) in [5.41, 5.74) is 13.0. The van der Waals surface area contributed by atoms with Gasteiger partial charge in [0.1, 0.15) is 0 Å². The van der Waals surface area contributed by atoms with Gasteiger partial charge in [0.15, 0.2) is 5.11 Å². The van der Waals surface area contributed by atoms with Crippen molar-refractivity contribution in [3.63, 3.8) is 0 Å². The van der Waals surface area contributed by atoms with Gasteiger partial charge in [-0.3, -0.25) is 5.43 Å². The predicted molar refractivity (Wildman–Crippen MR) is 126 cm³/mol. The first-order chi connectivity index (χ1) is 13.1. The van der Waals surface area contributed by atoms with Crippen LogP contribution in [-0.2, 0) is 0 Å². The second-order valence-corrected chi connectivity index (χ2v) is 10.5. The molecule has 28 heavy (non-hydrogen) atoms. The van der Waals surface area contributed by atoms with E-state index in [1.54, 1.807) is 0 Å². The standard InChI is InChI=1S/C24H41N3S/c1-17(9-7-10-19(3)26-27-22(25)28)11-13-20-18(2)12-14-21-23(4,5)15-8-16-24(20,21)6/h9,20-21H,2,7-8,10-16H2,1,3-6H3,(H3,25,27,28)/b17-9-,26-19+. The summed E-state index contributed by atoms with van der Waals surface area (Å²) in [7, 11) is 0. The van der Waals surface area contributed by atoms with Gasteiger partial charge < -0.3 is 5.73 Å². The summed E-state index contributed by atoms with van der Waals surface area (Å²) in [4.78, 5) is 0. The summed E-state index contributed by atoms with van der Waals surface area (Å²) in [6.07, 6.45) is 13.4. The van der Waals surface area contributed by atoms with Crippen LogP contribution in [0.15, 0.2) is 28.9 Å². The third-order valence-corrected chi connectivity index (χ3v) is 7.59. The first-order valence-electron chi connectivity index (χ1n) is 11.0. The van der Waals surface area contributed by atoms with Gasteiger partial charge in [-0.05, 0) is 100 Å². The molecule has 0 spiro atoms. The van der Waals surface area contributed by atoms with Crippen molar-refractivity contribution in [2.45, 2.75) is 92.4 Å². The average molecular weight is 404 g/mol. The molecule has 2 aliphatic rings. The normalized spacial score (nSPS) is 30.7. The Morgan fingerprint density at radius 2 is 2.00 bits per heavy atom. The number of allylic oxidation sites excluding steroid dienone is 3. The van der Waals surface area contributed by atoms with Gasteiger partial charge in [-0.2, -0.15) is 5.10 Å². The number of hydrogen-bond donors (Lipinski definition) is 2. The molecular weight excluding hydrogens is 362 g/mol. The van der Waals surface area contributed by atoms with Crippen LogP contribution in [0.2, 0.25) is 0 Å². The lowest BCUT2D eigenvalue weighted by atomic mass is 9.47. The Morgan fingerprint density at radius 1 is 1.29 bits per heavy atom. The van der Waals surface area contributed by atoms with Gasteiger partial charge in [0.25, 0.3) is 0 Å². The Hall–Kier alpha value is -1.16. The first-order valence-corrected chi connectivity index (χ1v) is 11.4. The van der Waals surface area contributed by atoms with Crippen LogP contribution in [0.5, 0.6) is 0 Å². The van der Waals surface area contributed by atoms with E-state index in [2.05, 4.69) is 50.9 Å². The maximum Gasteiger partial charge on any atom is 0.184 e. The molecule has 2 fully saturated rings. The van der Waals surface area contributed by atoms with Crippen LogP contribution >= 0.6 is 12.2 Å². The molecule has 3 N–H and O–H groups in total. The van der Waals surface area contributed by atoms with Crippen LogP contribution < -0.4 is 11.2 Å². The number of thiocarbonyl (C=S) groups is 1. The van der Waals surface area contributed by atoms with Gasteiger partial charge in [0, 0.05) is 5.71 Å². The molecule has 3 atom stereocenters. The van der Waals surface area contributed by atoms with Crippen molar-refractivity contribution in [2.24, 2.45) is 33.5 Å². The van der Waals surface area contributed by atoms with E-state index in [-0.39, 0.29) is 5.11 Å². The van der Waals surface area contributed by atoms with Gasteiger partial charge in [0.2, 0.25) is 0 Å². The number of fused-ring (bicyclic) bond motifs is 1. The monoisotopic (exact) mass is 403 g/mol. The SMILES string of the molecule is C=C1CCC2C(C)(C)CCCC2(C)C1CC/C(C)=C\CC/C(C)=N/NC(N)=S. The Labute approximate surface area is 178 Å². The van der Waals surface area contributed by atoms with E-state index < -0.39 is 0 Å². The van der Waals surface area contributed by atoms with Crippen LogP contribution in [0.1, 0.15) is 92.4 Å². The Morgan fingerprint density at radius 3 is 2.68 bits per heavy atom. The van der Waals surface area contributed by atoms with Crippen molar-refractivity contribution in [2.75, 3.05) is 0 Å². The van der Waals surface area contributed by atoms with Crippen molar-refractivity contribution in [3.05, 3.63) is 23.8 Å². The lowest BCUT2D eigenvalue weighted by molar-refractivity contribution is -0.0539. The van der Waals surface area contributed by atoms with E-state index in [9.17, 15) is 0 Å². The quantitative estimate of drug-likeness (QED) is 0.221. The summed E-state index contributed by atoms with van der Waals surface area (Å²) in [5, 5.41) is 4.40. The van der Waals surface area contributed by atoms with E-state index in [4.69, 9.17) is 18.0 Å². The molecule has 0 amide bonds. The van der Waals surface area contributed by atoms with Gasteiger partial charge in [-0.15, -0.1) is 0 Å². The average Bonchev–Trinajstić information content (AvgIpc) is 2.58. The fraction of sp³-hybridized carbons (Fsp3) is 0.750. The zero-order valence-corrected chi connectivity index (χ0v) is 19.6. The van der Waals surface area contributed by atoms with Crippen LogP contribution in [-0.4, -0.2) is 10.8 Å².